The van der Waals surface area contributed by atoms with Gasteiger partial charge in [0.2, 0.25) is 5.79 Å². The van der Waals surface area contributed by atoms with E-state index in [2.05, 4.69) is 6.58 Å². The van der Waals surface area contributed by atoms with Crippen molar-refractivity contribution >= 4 is 5.97 Å². The summed E-state index contributed by atoms with van der Waals surface area (Å²) in [5.41, 5.74) is -2.29. The normalized spacial score (nSPS) is 26.9. The van der Waals surface area contributed by atoms with Crippen molar-refractivity contribution in [1.82, 2.24) is 0 Å². The summed E-state index contributed by atoms with van der Waals surface area (Å²) < 4.78 is 45.9. The van der Waals surface area contributed by atoms with E-state index in [0.717, 1.165) is 6.92 Å². The van der Waals surface area contributed by atoms with Crippen molar-refractivity contribution in [3.05, 3.63) is 42.0 Å². The monoisotopic (exact) mass is 398 g/mol. The van der Waals surface area contributed by atoms with Crippen LogP contribution in [0.2, 0.25) is 0 Å². The number of hydrogen-bond acceptors (Lipinski definition) is 5. The minimum atomic E-state index is -3.63. The second kappa shape index (κ2) is 7.54. The predicted octanol–water partition coefficient (Wildman–Crippen LogP) is 4.33. The average Bonchev–Trinajstić information content (AvgIpc) is 2.79. The van der Waals surface area contributed by atoms with Crippen molar-refractivity contribution < 1.29 is 32.9 Å². The van der Waals surface area contributed by atoms with Crippen molar-refractivity contribution in [1.29, 1.82) is 0 Å². The third kappa shape index (κ3) is 3.71. The smallest absolute Gasteiger partial charge is 0.338 e. The van der Waals surface area contributed by atoms with Gasteiger partial charge in [-0.05, 0) is 51.3 Å². The molecule has 2 unspecified atom stereocenters. The molecule has 7 heteroatoms. The number of benzene rings is 1. The Morgan fingerprint density at radius 1 is 1.32 bits per heavy atom. The molecule has 1 aromatic rings. The van der Waals surface area contributed by atoms with Gasteiger partial charge in [0.15, 0.2) is 5.60 Å². The third-order valence-electron chi connectivity index (χ3n) is 5.36. The molecule has 1 fully saturated rings. The summed E-state index contributed by atoms with van der Waals surface area (Å²) in [6.45, 7) is 10.4. The van der Waals surface area contributed by atoms with Crippen LogP contribution in [0.1, 0.15) is 53.0 Å². The second-order valence-electron chi connectivity index (χ2n) is 7.58. The first-order valence-electron chi connectivity index (χ1n) is 9.26. The number of hydrogen-bond donors (Lipinski definition) is 1. The molecule has 2 rings (SSSR count). The molecule has 0 bridgehead atoms. The van der Waals surface area contributed by atoms with E-state index in [9.17, 15) is 18.7 Å². The molecular formula is C21H28F2O5. The lowest BCUT2D eigenvalue weighted by molar-refractivity contribution is -0.302. The van der Waals surface area contributed by atoms with Crippen molar-refractivity contribution in [2.24, 2.45) is 0 Å². The van der Waals surface area contributed by atoms with Crippen LogP contribution in [0, 0.1) is 0 Å². The van der Waals surface area contributed by atoms with Crippen molar-refractivity contribution in [3.8, 4) is 5.75 Å². The number of carbonyl (C=O) groups excluding carboxylic acids is 1. The Morgan fingerprint density at radius 2 is 1.93 bits per heavy atom. The summed E-state index contributed by atoms with van der Waals surface area (Å²) in [5.74, 6) is -6.55. The summed E-state index contributed by atoms with van der Waals surface area (Å²) in [7, 11) is 0. The summed E-state index contributed by atoms with van der Waals surface area (Å²) in [5, 5.41) is 9.95. The van der Waals surface area contributed by atoms with Crippen LogP contribution < -0.4 is 4.74 Å². The van der Waals surface area contributed by atoms with E-state index in [1.54, 1.807) is 24.3 Å². The van der Waals surface area contributed by atoms with Gasteiger partial charge in [-0.3, -0.25) is 0 Å². The molecule has 1 N–H and O–H groups in total. The Kier molecular flexibility index (Phi) is 6.05. The quantitative estimate of drug-likeness (QED) is 0.421. The fourth-order valence-electron chi connectivity index (χ4n) is 3.37. The largest absolute Gasteiger partial charge is 0.423 e. The van der Waals surface area contributed by atoms with Crippen molar-refractivity contribution in [3.63, 3.8) is 0 Å². The number of aliphatic hydroxyl groups is 1. The lowest BCUT2D eigenvalue weighted by Crippen LogP contribution is -2.57. The van der Waals surface area contributed by atoms with Crippen molar-refractivity contribution in [2.45, 2.75) is 70.4 Å². The van der Waals surface area contributed by atoms with Crippen LogP contribution in [0.5, 0.6) is 5.75 Å². The SMILES string of the molecule is C=C(C)C(=O)Oc1cccc(C(CC)(CC)OC2(C)COC(C)(O)C2(F)F)c1. The maximum Gasteiger partial charge on any atom is 0.338 e. The zero-order valence-electron chi connectivity index (χ0n) is 17.0. The van der Waals surface area contributed by atoms with Crippen LogP contribution in [0.25, 0.3) is 0 Å². The standard InChI is InChI=1S/C21H28F2O5/c1-7-20(8-2,28-18(5)13-26-19(6,25)21(18,22)23)15-10-9-11-16(12-15)27-17(24)14(3)4/h9-12,25H,3,7-8,13H2,1-2,4-6H3. The van der Waals surface area contributed by atoms with Gasteiger partial charge in [0.25, 0.3) is 0 Å². The summed E-state index contributed by atoms with van der Waals surface area (Å²) in [4.78, 5) is 11.8. The number of alkyl halides is 2. The van der Waals surface area contributed by atoms with Crippen LogP contribution in [-0.2, 0) is 19.9 Å². The fourth-order valence-corrected chi connectivity index (χ4v) is 3.37. The van der Waals surface area contributed by atoms with E-state index in [-0.39, 0.29) is 11.3 Å². The molecule has 1 saturated heterocycles. The highest BCUT2D eigenvalue weighted by Crippen LogP contribution is 2.51. The Balaban J connectivity index is 2.42. The molecule has 2 atom stereocenters. The summed E-state index contributed by atoms with van der Waals surface area (Å²) in [6.07, 6.45) is 0.768. The number of esters is 1. The first kappa shape index (κ1) is 22.5. The molecular weight excluding hydrogens is 370 g/mol. The first-order chi connectivity index (χ1) is 12.8. The van der Waals surface area contributed by atoms with E-state index in [1.165, 1.54) is 13.8 Å². The zero-order valence-corrected chi connectivity index (χ0v) is 17.0. The molecule has 0 spiro atoms. The second-order valence-corrected chi connectivity index (χ2v) is 7.58. The van der Waals surface area contributed by atoms with Crippen LogP contribution >= 0.6 is 0 Å². The molecule has 1 heterocycles. The molecule has 1 aliphatic rings. The average molecular weight is 398 g/mol. The molecule has 28 heavy (non-hydrogen) atoms. The Labute approximate surface area is 164 Å². The number of rotatable bonds is 7. The topological polar surface area (TPSA) is 65.0 Å². The summed E-state index contributed by atoms with van der Waals surface area (Å²) in [6, 6.07) is 6.60. The van der Waals surface area contributed by atoms with Gasteiger partial charge in [0.05, 0.1) is 12.2 Å². The molecule has 0 aliphatic carbocycles. The zero-order chi connectivity index (χ0) is 21.4. The van der Waals surface area contributed by atoms with E-state index in [4.69, 9.17) is 14.2 Å². The van der Waals surface area contributed by atoms with E-state index >= 15 is 0 Å². The fraction of sp³-hybridized carbons (Fsp3) is 0.571. The minimum Gasteiger partial charge on any atom is -0.423 e. The Bertz CT molecular complexity index is 755. The maximum absolute atomic E-state index is 14.9. The molecule has 156 valence electrons. The van der Waals surface area contributed by atoms with Gasteiger partial charge in [0.1, 0.15) is 5.75 Å². The van der Waals surface area contributed by atoms with Gasteiger partial charge in [0, 0.05) is 5.57 Å². The van der Waals surface area contributed by atoms with Crippen LogP contribution in [-0.4, -0.2) is 35.0 Å². The molecule has 0 radical (unpaired) electrons. The molecule has 0 amide bonds. The van der Waals surface area contributed by atoms with Crippen LogP contribution in [0.15, 0.2) is 36.4 Å². The van der Waals surface area contributed by atoms with Crippen LogP contribution in [0.4, 0.5) is 8.78 Å². The maximum atomic E-state index is 14.9. The molecule has 1 aliphatic heterocycles. The van der Waals surface area contributed by atoms with Gasteiger partial charge in [-0.1, -0.05) is 32.6 Å². The highest BCUT2D eigenvalue weighted by Gasteiger charge is 2.70. The predicted molar refractivity (Wildman–Crippen MR) is 100 cm³/mol. The molecule has 5 nitrogen and oxygen atoms in total. The Hall–Kier alpha value is -1.83. The highest BCUT2D eigenvalue weighted by atomic mass is 19.3. The lowest BCUT2D eigenvalue weighted by atomic mass is 9.85. The number of carbonyl (C=O) groups is 1. The van der Waals surface area contributed by atoms with Gasteiger partial charge < -0.3 is 19.3 Å². The number of halogens is 2. The summed E-state index contributed by atoms with van der Waals surface area (Å²) >= 11 is 0. The number of ether oxygens (including phenoxy) is 3. The molecule has 0 aromatic heterocycles. The van der Waals surface area contributed by atoms with Gasteiger partial charge in [-0.2, -0.15) is 8.78 Å². The van der Waals surface area contributed by atoms with Gasteiger partial charge >= 0.3 is 11.9 Å². The Morgan fingerprint density at radius 3 is 2.39 bits per heavy atom. The van der Waals surface area contributed by atoms with Crippen LogP contribution in [0.3, 0.4) is 0 Å². The van der Waals surface area contributed by atoms with Gasteiger partial charge in [-0.25, -0.2) is 4.79 Å². The van der Waals surface area contributed by atoms with E-state index in [0.29, 0.717) is 18.4 Å². The third-order valence-corrected chi connectivity index (χ3v) is 5.36. The van der Waals surface area contributed by atoms with Crippen molar-refractivity contribution in [2.75, 3.05) is 6.61 Å². The first-order valence-corrected chi connectivity index (χ1v) is 9.26. The molecule has 1 aromatic carbocycles. The highest BCUT2D eigenvalue weighted by molar-refractivity contribution is 5.88. The van der Waals surface area contributed by atoms with Gasteiger partial charge in [-0.15, -0.1) is 0 Å². The minimum absolute atomic E-state index is 0.247. The van der Waals surface area contributed by atoms with E-state index in [1.807, 2.05) is 13.8 Å². The lowest BCUT2D eigenvalue weighted by Gasteiger charge is -2.43. The molecule has 0 saturated carbocycles. The van der Waals surface area contributed by atoms with E-state index < -0.39 is 35.5 Å².